The third kappa shape index (κ3) is 3.63. The highest BCUT2D eigenvalue weighted by Gasteiger charge is 2.17. The molecule has 0 saturated heterocycles. The topological polar surface area (TPSA) is 104 Å². The standard InChI is InChI=1S/C19H16ClN3O4/c1-26-16-7-10(3-4-11(16)18(21)24)23-19(25)13-8-12-14(20)5-6-22-15(12)9-17(13)27-2/h3-9H,1-2H3,(H2,21,24)(H,23,25). The van der Waals surface area contributed by atoms with Gasteiger partial charge in [-0.1, -0.05) is 11.6 Å². The van der Waals surface area contributed by atoms with E-state index < -0.39 is 11.8 Å². The van der Waals surface area contributed by atoms with Crippen LogP contribution in [0.2, 0.25) is 5.02 Å². The van der Waals surface area contributed by atoms with Gasteiger partial charge >= 0.3 is 0 Å². The minimum atomic E-state index is -0.622. The van der Waals surface area contributed by atoms with Crippen molar-refractivity contribution in [3.63, 3.8) is 0 Å². The van der Waals surface area contributed by atoms with Crippen LogP contribution in [0.5, 0.6) is 11.5 Å². The van der Waals surface area contributed by atoms with Crippen LogP contribution in [0, 0.1) is 0 Å². The van der Waals surface area contributed by atoms with Gasteiger partial charge in [0.05, 0.1) is 35.9 Å². The number of halogens is 1. The van der Waals surface area contributed by atoms with Crippen molar-refractivity contribution in [1.82, 2.24) is 4.98 Å². The number of carbonyl (C=O) groups excluding carboxylic acids is 2. The molecular weight excluding hydrogens is 370 g/mol. The van der Waals surface area contributed by atoms with Gasteiger partial charge in [0.2, 0.25) is 0 Å². The van der Waals surface area contributed by atoms with Crippen LogP contribution < -0.4 is 20.5 Å². The first-order chi connectivity index (χ1) is 12.9. The molecule has 0 saturated carbocycles. The van der Waals surface area contributed by atoms with Crippen LogP contribution in [-0.2, 0) is 0 Å². The lowest BCUT2D eigenvalue weighted by atomic mass is 10.1. The second kappa shape index (κ2) is 7.51. The van der Waals surface area contributed by atoms with E-state index in [1.54, 1.807) is 30.5 Å². The Labute approximate surface area is 160 Å². The predicted octanol–water partition coefficient (Wildman–Crippen LogP) is 3.26. The van der Waals surface area contributed by atoms with Crippen molar-refractivity contribution < 1.29 is 19.1 Å². The Kier molecular flexibility index (Phi) is 5.14. The lowest BCUT2D eigenvalue weighted by molar-refractivity contribution is 0.0995. The Hall–Kier alpha value is -3.32. The van der Waals surface area contributed by atoms with Gasteiger partial charge in [-0.15, -0.1) is 0 Å². The molecule has 0 aliphatic carbocycles. The summed E-state index contributed by atoms with van der Waals surface area (Å²) >= 11 is 6.20. The summed E-state index contributed by atoms with van der Waals surface area (Å²) in [6, 6.07) is 9.46. The summed E-state index contributed by atoms with van der Waals surface area (Å²) in [5.41, 5.74) is 6.85. The normalized spacial score (nSPS) is 10.5. The molecule has 0 spiro atoms. The first-order valence-electron chi connectivity index (χ1n) is 7.86. The zero-order chi connectivity index (χ0) is 19.6. The summed E-state index contributed by atoms with van der Waals surface area (Å²) < 4.78 is 10.5. The Morgan fingerprint density at radius 1 is 1.04 bits per heavy atom. The molecule has 2 amide bonds. The minimum absolute atomic E-state index is 0.219. The summed E-state index contributed by atoms with van der Waals surface area (Å²) in [7, 11) is 2.88. The van der Waals surface area contributed by atoms with E-state index in [1.807, 2.05) is 0 Å². The van der Waals surface area contributed by atoms with Gasteiger partial charge in [-0.2, -0.15) is 0 Å². The maximum Gasteiger partial charge on any atom is 0.259 e. The van der Waals surface area contributed by atoms with E-state index in [0.717, 1.165) is 0 Å². The largest absolute Gasteiger partial charge is 0.496 e. The molecule has 3 aromatic rings. The van der Waals surface area contributed by atoms with Crippen molar-refractivity contribution in [3.8, 4) is 11.5 Å². The van der Waals surface area contributed by atoms with E-state index in [4.69, 9.17) is 26.8 Å². The molecule has 138 valence electrons. The number of hydrogen-bond acceptors (Lipinski definition) is 5. The number of fused-ring (bicyclic) bond motifs is 1. The van der Waals surface area contributed by atoms with Gasteiger partial charge in [-0.3, -0.25) is 14.6 Å². The van der Waals surface area contributed by atoms with Crippen LogP contribution in [0.15, 0.2) is 42.6 Å². The average Bonchev–Trinajstić information content (AvgIpc) is 2.66. The Balaban J connectivity index is 1.99. The fraction of sp³-hybridized carbons (Fsp3) is 0.105. The molecule has 0 atom stereocenters. The summed E-state index contributed by atoms with van der Waals surface area (Å²) in [4.78, 5) is 28.4. The molecule has 27 heavy (non-hydrogen) atoms. The van der Waals surface area contributed by atoms with Crippen LogP contribution in [0.1, 0.15) is 20.7 Å². The SMILES string of the molecule is COc1cc(NC(=O)c2cc3c(Cl)ccnc3cc2OC)ccc1C(N)=O. The van der Waals surface area contributed by atoms with Gasteiger partial charge in [-0.25, -0.2) is 0 Å². The molecule has 2 aromatic carbocycles. The zero-order valence-electron chi connectivity index (χ0n) is 14.6. The smallest absolute Gasteiger partial charge is 0.259 e. The summed E-state index contributed by atoms with van der Waals surface area (Å²) in [6.45, 7) is 0. The number of aromatic nitrogens is 1. The molecule has 3 N–H and O–H groups in total. The Morgan fingerprint density at radius 3 is 2.41 bits per heavy atom. The van der Waals surface area contributed by atoms with Crippen LogP contribution >= 0.6 is 11.6 Å². The monoisotopic (exact) mass is 385 g/mol. The molecule has 1 aromatic heterocycles. The van der Waals surface area contributed by atoms with Gasteiger partial charge in [0.15, 0.2) is 0 Å². The number of anilines is 1. The second-order valence-corrected chi connectivity index (χ2v) is 6.00. The fourth-order valence-electron chi connectivity index (χ4n) is 2.66. The third-order valence-corrected chi connectivity index (χ3v) is 4.31. The molecule has 8 heteroatoms. The van der Waals surface area contributed by atoms with Gasteiger partial charge in [0, 0.05) is 29.4 Å². The fourth-order valence-corrected chi connectivity index (χ4v) is 2.86. The van der Waals surface area contributed by atoms with Gasteiger partial charge < -0.3 is 20.5 Å². The number of nitrogens with two attached hydrogens (primary N) is 1. The van der Waals surface area contributed by atoms with Crippen LogP contribution in [0.4, 0.5) is 5.69 Å². The highest BCUT2D eigenvalue weighted by atomic mass is 35.5. The van der Waals surface area contributed by atoms with E-state index in [2.05, 4.69) is 10.3 Å². The Bertz CT molecular complexity index is 1050. The number of ether oxygens (including phenoxy) is 2. The van der Waals surface area contributed by atoms with E-state index >= 15 is 0 Å². The number of carbonyl (C=O) groups is 2. The lowest BCUT2D eigenvalue weighted by Crippen LogP contribution is -2.15. The molecule has 3 rings (SSSR count). The predicted molar refractivity (Wildman–Crippen MR) is 103 cm³/mol. The van der Waals surface area contributed by atoms with Crippen molar-refractivity contribution in [2.45, 2.75) is 0 Å². The molecule has 7 nitrogen and oxygen atoms in total. The minimum Gasteiger partial charge on any atom is -0.496 e. The van der Waals surface area contributed by atoms with Crippen LogP contribution in [0.3, 0.4) is 0 Å². The van der Waals surface area contributed by atoms with Gasteiger partial charge in [-0.05, 0) is 24.3 Å². The highest BCUT2D eigenvalue weighted by molar-refractivity contribution is 6.35. The Morgan fingerprint density at radius 2 is 1.74 bits per heavy atom. The number of methoxy groups -OCH3 is 2. The number of pyridine rings is 1. The molecule has 0 unspecified atom stereocenters. The molecule has 0 fully saturated rings. The average molecular weight is 386 g/mol. The zero-order valence-corrected chi connectivity index (χ0v) is 15.3. The number of hydrogen-bond donors (Lipinski definition) is 2. The van der Waals surface area contributed by atoms with E-state index in [0.29, 0.717) is 27.4 Å². The summed E-state index contributed by atoms with van der Waals surface area (Å²) in [5, 5.41) is 3.85. The van der Waals surface area contributed by atoms with Crippen molar-refractivity contribution in [2.75, 3.05) is 19.5 Å². The first-order valence-corrected chi connectivity index (χ1v) is 8.24. The van der Waals surface area contributed by atoms with Gasteiger partial charge in [0.1, 0.15) is 11.5 Å². The number of benzene rings is 2. The number of primary amides is 1. The first kappa shape index (κ1) is 18.5. The third-order valence-electron chi connectivity index (χ3n) is 3.98. The maximum absolute atomic E-state index is 12.8. The van der Waals surface area contributed by atoms with Crippen LogP contribution in [-0.4, -0.2) is 31.0 Å². The number of nitrogens with one attached hydrogen (secondary N) is 1. The number of nitrogens with zero attached hydrogens (tertiary/aromatic N) is 1. The molecule has 0 aliphatic rings. The molecule has 1 heterocycles. The number of amides is 2. The van der Waals surface area contributed by atoms with Crippen molar-refractivity contribution in [3.05, 3.63) is 58.7 Å². The van der Waals surface area contributed by atoms with Crippen molar-refractivity contribution >= 4 is 40.0 Å². The van der Waals surface area contributed by atoms with E-state index in [9.17, 15) is 9.59 Å². The van der Waals surface area contributed by atoms with Crippen molar-refractivity contribution in [1.29, 1.82) is 0 Å². The van der Waals surface area contributed by atoms with Gasteiger partial charge in [0.25, 0.3) is 11.8 Å². The highest BCUT2D eigenvalue weighted by Crippen LogP contribution is 2.30. The quantitative estimate of drug-likeness (QED) is 0.701. The molecule has 0 radical (unpaired) electrons. The number of rotatable bonds is 5. The second-order valence-electron chi connectivity index (χ2n) is 5.60. The molecule has 0 bridgehead atoms. The lowest BCUT2D eigenvalue weighted by Gasteiger charge is -2.13. The summed E-state index contributed by atoms with van der Waals surface area (Å²) in [6.07, 6.45) is 1.58. The molecular formula is C19H16ClN3O4. The maximum atomic E-state index is 12.8. The molecule has 0 aliphatic heterocycles. The van der Waals surface area contributed by atoms with E-state index in [1.165, 1.54) is 26.4 Å². The summed E-state index contributed by atoms with van der Waals surface area (Å²) in [5.74, 6) is -0.417. The van der Waals surface area contributed by atoms with E-state index in [-0.39, 0.29) is 16.9 Å². The van der Waals surface area contributed by atoms with Crippen molar-refractivity contribution in [2.24, 2.45) is 5.73 Å². The van der Waals surface area contributed by atoms with Crippen LogP contribution in [0.25, 0.3) is 10.9 Å².